The van der Waals surface area contributed by atoms with Crippen molar-refractivity contribution in [3.63, 3.8) is 0 Å². The monoisotopic (exact) mass is 210 g/mol. The molecule has 14 heavy (non-hydrogen) atoms. The molecular weight excluding hydrogens is 200 g/mol. The molecule has 0 fully saturated rings. The minimum Gasteiger partial charge on any atom is -0.350 e. The number of aromatic amines is 1. The maximum Gasteiger partial charge on any atom is 0.205 e. The highest BCUT2D eigenvalue weighted by molar-refractivity contribution is 7.13. The summed E-state index contributed by atoms with van der Waals surface area (Å²) < 4.78 is 0. The Morgan fingerprint density at radius 1 is 1.57 bits per heavy atom. The fourth-order valence-corrected chi connectivity index (χ4v) is 1.57. The Labute approximate surface area is 84.8 Å². The number of H-pyrrole nitrogens is 1. The smallest absolute Gasteiger partial charge is 0.205 e. The summed E-state index contributed by atoms with van der Waals surface area (Å²) in [6, 6.07) is 0.0351. The lowest BCUT2D eigenvalue weighted by Crippen LogP contribution is -2.08. The molecule has 1 unspecified atom stereocenters. The number of hydrogen-bond donors (Lipinski definition) is 2. The Kier molecular flexibility index (Phi) is 2.40. The van der Waals surface area contributed by atoms with Gasteiger partial charge in [0.15, 0.2) is 5.82 Å². The molecule has 0 aromatic carbocycles. The third-order valence-electron chi connectivity index (χ3n) is 1.70. The Morgan fingerprint density at radius 3 is 3.00 bits per heavy atom. The normalized spacial score (nSPS) is 12.7. The number of nitrogens with one attached hydrogen (secondary N) is 2. The average molecular weight is 210 g/mol. The van der Waals surface area contributed by atoms with Crippen LogP contribution in [0.4, 0.5) is 5.13 Å². The van der Waals surface area contributed by atoms with E-state index in [1.807, 2.05) is 13.8 Å². The quantitative estimate of drug-likeness (QED) is 0.794. The lowest BCUT2D eigenvalue weighted by atomic mass is 10.3. The van der Waals surface area contributed by atoms with Gasteiger partial charge >= 0.3 is 0 Å². The van der Waals surface area contributed by atoms with Gasteiger partial charge < -0.3 is 5.32 Å². The largest absolute Gasteiger partial charge is 0.350 e. The highest BCUT2D eigenvalue weighted by Crippen LogP contribution is 2.16. The van der Waals surface area contributed by atoms with Gasteiger partial charge in [-0.1, -0.05) is 11.3 Å². The van der Waals surface area contributed by atoms with Gasteiger partial charge in [-0.15, -0.1) is 10.2 Å². The predicted octanol–water partition coefficient (Wildman–Crippen LogP) is 1.14. The van der Waals surface area contributed by atoms with E-state index in [1.165, 1.54) is 11.3 Å². The maximum atomic E-state index is 4.22. The molecule has 0 radical (unpaired) electrons. The van der Waals surface area contributed by atoms with Crippen LogP contribution in [0, 0.1) is 6.92 Å². The molecule has 0 aliphatic rings. The van der Waals surface area contributed by atoms with Gasteiger partial charge in [0.2, 0.25) is 5.13 Å². The number of aromatic nitrogens is 5. The molecule has 0 amide bonds. The van der Waals surface area contributed by atoms with Crippen molar-refractivity contribution in [1.82, 2.24) is 25.4 Å². The van der Waals surface area contributed by atoms with E-state index in [-0.39, 0.29) is 6.04 Å². The van der Waals surface area contributed by atoms with Crippen LogP contribution < -0.4 is 5.32 Å². The van der Waals surface area contributed by atoms with Crippen LogP contribution in [0.2, 0.25) is 0 Å². The maximum absolute atomic E-state index is 4.22. The van der Waals surface area contributed by atoms with Crippen molar-refractivity contribution in [2.45, 2.75) is 19.9 Å². The summed E-state index contributed by atoms with van der Waals surface area (Å²) in [5, 5.41) is 18.4. The van der Waals surface area contributed by atoms with Gasteiger partial charge in [-0.25, -0.2) is 4.98 Å². The summed E-state index contributed by atoms with van der Waals surface area (Å²) in [7, 11) is 0. The number of hydrogen-bond acceptors (Lipinski definition) is 6. The molecule has 0 aliphatic carbocycles. The molecule has 7 heteroatoms. The standard InChI is InChI=1S/C7H10N6S/c1-4(6-10-5(2)11-12-6)9-7-13-8-3-14-7/h3-4H,1-2H3,(H,9,13)(H,10,11,12). The second-order valence-corrected chi connectivity index (χ2v) is 3.72. The van der Waals surface area contributed by atoms with Crippen molar-refractivity contribution < 1.29 is 0 Å². The molecule has 2 aromatic heterocycles. The minimum atomic E-state index is 0.0351. The van der Waals surface area contributed by atoms with Crippen molar-refractivity contribution in [2.24, 2.45) is 0 Å². The van der Waals surface area contributed by atoms with Gasteiger partial charge in [-0.2, -0.15) is 5.10 Å². The predicted molar refractivity (Wildman–Crippen MR) is 53.1 cm³/mol. The van der Waals surface area contributed by atoms with E-state index in [2.05, 4.69) is 30.7 Å². The molecule has 74 valence electrons. The Hall–Kier alpha value is -1.50. The Balaban J connectivity index is 2.06. The van der Waals surface area contributed by atoms with Crippen molar-refractivity contribution in [2.75, 3.05) is 5.32 Å². The van der Waals surface area contributed by atoms with Crippen molar-refractivity contribution >= 4 is 16.5 Å². The number of nitrogens with zero attached hydrogens (tertiary/aromatic N) is 4. The van der Waals surface area contributed by atoms with E-state index in [4.69, 9.17) is 0 Å². The zero-order valence-corrected chi connectivity index (χ0v) is 8.67. The molecule has 0 saturated carbocycles. The van der Waals surface area contributed by atoms with Gasteiger partial charge in [-0.3, -0.25) is 5.10 Å². The molecule has 0 saturated heterocycles. The molecule has 2 aromatic rings. The number of aryl methyl sites for hydroxylation is 1. The molecule has 6 nitrogen and oxygen atoms in total. The molecule has 0 bridgehead atoms. The van der Waals surface area contributed by atoms with Crippen LogP contribution in [0.5, 0.6) is 0 Å². The van der Waals surface area contributed by atoms with Gasteiger partial charge in [-0.05, 0) is 13.8 Å². The zero-order chi connectivity index (χ0) is 9.97. The first kappa shape index (κ1) is 9.07. The SMILES string of the molecule is Cc1nc(C(C)Nc2nncs2)n[nH]1. The molecule has 2 heterocycles. The van der Waals surface area contributed by atoms with E-state index >= 15 is 0 Å². The highest BCUT2D eigenvalue weighted by atomic mass is 32.1. The zero-order valence-electron chi connectivity index (χ0n) is 7.85. The summed E-state index contributed by atoms with van der Waals surface area (Å²) in [4.78, 5) is 4.22. The lowest BCUT2D eigenvalue weighted by molar-refractivity contribution is 0.791. The van der Waals surface area contributed by atoms with Gasteiger partial charge in [0, 0.05) is 0 Å². The highest BCUT2D eigenvalue weighted by Gasteiger charge is 2.11. The third kappa shape index (κ3) is 1.87. The fraction of sp³-hybridized carbons (Fsp3) is 0.429. The van der Waals surface area contributed by atoms with Crippen LogP contribution in [0.3, 0.4) is 0 Å². The van der Waals surface area contributed by atoms with Gasteiger partial charge in [0.05, 0.1) is 6.04 Å². The van der Waals surface area contributed by atoms with Gasteiger partial charge in [0.25, 0.3) is 0 Å². The van der Waals surface area contributed by atoms with Crippen LogP contribution in [0.25, 0.3) is 0 Å². The third-order valence-corrected chi connectivity index (χ3v) is 2.32. The second kappa shape index (κ2) is 3.70. The van der Waals surface area contributed by atoms with Crippen LogP contribution in [0.15, 0.2) is 5.51 Å². The van der Waals surface area contributed by atoms with Gasteiger partial charge in [0.1, 0.15) is 11.3 Å². The second-order valence-electron chi connectivity index (χ2n) is 2.89. The van der Waals surface area contributed by atoms with E-state index in [9.17, 15) is 0 Å². The molecule has 1 atom stereocenters. The average Bonchev–Trinajstić information content (AvgIpc) is 2.75. The van der Waals surface area contributed by atoms with Crippen LogP contribution in [-0.2, 0) is 0 Å². The molecule has 2 N–H and O–H groups in total. The van der Waals surface area contributed by atoms with E-state index in [1.54, 1.807) is 5.51 Å². The molecule has 0 spiro atoms. The summed E-state index contributed by atoms with van der Waals surface area (Å²) in [5.41, 5.74) is 1.68. The summed E-state index contributed by atoms with van der Waals surface area (Å²) in [6.45, 7) is 3.85. The van der Waals surface area contributed by atoms with Crippen molar-refractivity contribution in [3.8, 4) is 0 Å². The topological polar surface area (TPSA) is 79.4 Å². The first-order valence-corrected chi connectivity index (χ1v) is 5.05. The van der Waals surface area contributed by atoms with Crippen LogP contribution in [-0.4, -0.2) is 25.4 Å². The Bertz CT molecular complexity index is 394. The van der Waals surface area contributed by atoms with Crippen LogP contribution >= 0.6 is 11.3 Å². The van der Waals surface area contributed by atoms with E-state index < -0.39 is 0 Å². The van der Waals surface area contributed by atoms with Crippen LogP contribution in [0.1, 0.15) is 24.6 Å². The van der Waals surface area contributed by atoms with Crippen molar-refractivity contribution in [1.29, 1.82) is 0 Å². The van der Waals surface area contributed by atoms with E-state index in [0.717, 1.165) is 16.8 Å². The summed E-state index contributed by atoms with van der Waals surface area (Å²) >= 11 is 1.45. The summed E-state index contributed by atoms with van der Waals surface area (Å²) in [5.74, 6) is 1.55. The molecule has 0 aliphatic heterocycles. The van der Waals surface area contributed by atoms with Crippen molar-refractivity contribution in [3.05, 3.63) is 17.2 Å². The number of anilines is 1. The molecule has 2 rings (SSSR count). The first-order chi connectivity index (χ1) is 6.75. The molecular formula is C7H10N6S. The minimum absolute atomic E-state index is 0.0351. The Morgan fingerprint density at radius 2 is 2.43 bits per heavy atom. The van der Waals surface area contributed by atoms with E-state index in [0.29, 0.717) is 0 Å². The number of rotatable bonds is 3. The lowest BCUT2D eigenvalue weighted by Gasteiger charge is -2.06. The first-order valence-electron chi connectivity index (χ1n) is 4.17. The fourth-order valence-electron chi connectivity index (χ4n) is 1.04. The summed E-state index contributed by atoms with van der Waals surface area (Å²) in [6.07, 6.45) is 0.